The van der Waals surface area contributed by atoms with Crippen LogP contribution in [0.5, 0.6) is 5.75 Å². The van der Waals surface area contributed by atoms with Gasteiger partial charge in [-0.1, -0.05) is 6.92 Å². The summed E-state index contributed by atoms with van der Waals surface area (Å²) in [5.74, 6) is 0.187. The third kappa shape index (κ3) is 2.45. The lowest BCUT2D eigenvalue weighted by Gasteiger charge is -2.12. The predicted octanol–water partition coefficient (Wildman–Crippen LogP) is 0.884. The molecule has 16 heavy (non-hydrogen) atoms. The van der Waals surface area contributed by atoms with Crippen LogP contribution in [0.1, 0.15) is 12.5 Å². The monoisotopic (exact) mass is 244 g/mol. The maximum absolute atomic E-state index is 11.9. The number of ether oxygens (including phenoxy) is 1. The van der Waals surface area contributed by atoms with Crippen molar-refractivity contribution in [1.29, 1.82) is 0 Å². The average molecular weight is 244 g/mol. The summed E-state index contributed by atoms with van der Waals surface area (Å²) in [5, 5.41) is 0. The molecule has 0 atom stereocenters. The topological polar surface area (TPSA) is 81.4 Å². The Morgan fingerprint density at radius 2 is 2.06 bits per heavy atom. The summed E-state index contributed by atoms with van der Waals surface area (Å²) in [7, 11) is -2.16. The van der Waals surface area contributed by atoms with Crippen molar-refractivity contribution in [1.82, 2.24) is 4.72 Å². The van der Waals surface area contributed by atoms with Gasteiger partial charge < -0.3 is 10.5 Å². The quantitative estimate of drug-likeness (QED) is 0.770. The van der Waals surface area contributed by atoms with Crippen molar-refractivity contribution in [3.8, 4) is 5.75 Å². The van der Waals surface area contributed by atoms with Crippen molar-refractivity contribution in [2.24, 2.45) is 0 Å². The Balaban J connectivity index is 3.43. The minimum atomic E-state index is -3.55. The van der Waals surface area contributed by atoms with Gasteiger partial charge in [0.05, 0.1) is 12.8 Å². The van der Waals surface area contributed by atoms with E-state index in [1.54, 1.807) is 19.9 Å². The molecule has 3 N–H and O–H groups in total. The molecule has 5 nitrogen and oxygen atoms in total. The van der Waals surface area contributed by atoms with Gasteiger partial charge in [-0.3, -0.25) is 0 Å². The van der Waals surface area contributed by atoms with Crippen LogP contribution in [0.3, 0.4) is 0 Å². The highest BCUT2D eigenvalue weighted by molar-refractivity contribution is 7.89. The molecule has 1 rings (SSSR count). The van der Waals surface area contributed by atoms with Crippen LogP contribution in [-0.4, -0.2) is 22.1 Å². The molecule has 0 saturated carbocycles. The fraction of sp³-hybridized carbons (Fsp3) is 0.400. The summed E-state index contributed by atoms with van der Waals surface area (Å²) in [5.41, 5.74) is 6.80. The standard InChI is InChI=1S/C10H16N2O3S/c1-4-12-16(13,14)9-6-7(2)5-8(11)10(9)15-3/h5-6,12H,4,11H2,1-3H3. The largest absolute Gasteiger partial charge is 0.493 e. The van der Waals surface area contributed by atoms with Crippen molar-refractivity contribution in [2.75, 3.05) is 19.4 Å². The number of hydrogen-bond donors (Lipinski definition) is 2. The highest BCUT2D eigenvalue weighted by Gasteiger charge is 2.20. The zero-order chi connectivity index (χ0) is 12.3. The van der Waals surface area contributed by atoms with Gasteiger partial charge in [0.1, 0.15) is 4.90 Å². The number of sulfonamides is 1. The van der Waals surface area contributed by atoms with Crippen LogP contribution in [0.2, 0.25) is 0 Å². The average Bonchev–Trinajstić information content (AvgIpc) is 2.16. The van der Waals surface area contributed by atoms with Gasteiger partial charge in [0, 0.05) is 6.54 Å². The SMILES string of the molecule is CCNS(=O)(=O)c1cc(C)cc(N)c1OC. The molecule has 0 amide bonds. The van der Waals surface area contributed by atoms with E-state index < -0.39 is 10.0 Å². The molecule has 6 heteroatoms. The molecular formula is C10H16N2O3S. The maximum atomic E-state index is 11.9. The van der Waals surface area contributed by atoms with Gasteiger partial charge in [-0.15, -0.1) is 0 Å². The normalized spacial score (nSPS) is 11.4. The third-order valence-electron chi connectivity index (χ3n) is 2.06. The minimum Gasteiger partial charge on any atom is -0.493 e. The van der Waals surface area contributed by atoms with Crippen LogP contribution in [0, 0.1) is 6.92 Å². The Kier molecular flexibility index (Phi) is 3.77. The number of anilines is 1. The second-order valence-electron chi connectivity index (χ2n) is 3.39. The zero-order valence-corrected chi connectivity index (χ0v) is 10.4. The Morgan fingerprint density at radius 1 is 1.44 bits per heavy atom. The predicted molar refractivity (Wildman–Crippen MR) is 63.0 cm³/mol. The van der Waals surface area contributed by atoms with E-state index >= 15 is 0 Å². The molecule has 0 heterocycles. The second-order valence-corrected chi connectivity index (χ2v) is 5.12. The van der Waals surface area contributed by atoms with Crippen molar-refractivity contribution < 1.29 is 13.2 Å². The van der Waals surface area contributed by atoms with Gasteiger partial charge in [0.25, 0.3) is 0 Å². The van der Waals surface area contributed by atoms with Crippen molar-refractivity contribution >= 4 is 15.7 Å². The van der Waals surface area contributed by atoms with E-state index in [2.05, 4.69) is 4.72 Å². The van der Waals surface area contributed by atoms with Crippen molar-refractivity contribution in [2.45, 2.75) is 18.7 Å². The van der Waals surface area contributed by atoms with E-state index in [9.17, 15) is 8.42 Å². The lowest BCUT2D eigenvalue weighted by Crippen LogP contribution is -2.24. The highest BCUT2D eigenvalue weighted by Crippen LogP contribution is 2.31. The van der Waals surface area contributed by atoms with Crippen LogP contribution in [0.25, 0.3) is 0 Å². The number of nitrogens with one attached hydrogen (secondary N) is 1. The van der Waals surface area contributed by atoms with Crippen LogP contribution < -0.4 is 15.2 Å². The first kappa shape index (κ1) is 12.8. The van der Waals surface area contributed by atoms with Gasteiger partial charge in [0.2, 0.25) is 10.0 Å². The third-order valence-corrected chi connectivity index (χ3v) is 3.61. The molecule has 0 spiro atoms. The van der Waals surface area contributed by atoms with Crippen LogP contribution >= 0.6 is 0 Å². The summed E-state index contributed by atoms with van der Waals surface area (Å²) in [4.78, 5) is 0.0781. The van der Waals surface area contributed by atoms with Crippen LogP contribution in [0.15, 0.2) is 17.0 Å². The Morgan fingerprint density at radius 3 is 2.56 bits per heavy atom. The molecule has 0 radical (unpaired) electrons. The molecule has 1 aromatic rings. The van der Waals surface area contributed by atoms with Crippen LogP contribution in [0.4, 0.5) is 5.69 Å². The van der Waals surface area contributed by atoms with Gasteiger partial charge in [0.15, 0.2) is 5.75 Å². The summed E-state index contributed by atoms with van der Waals surface area (Å²) in [6, 6.07) is 3.21. The summed E-state index contributed by atoms with van der Waals surface area (Å²) < 4.78 is 31.2. The van der Waals surface area contributed by atoms with E-state index in [0.29, 0.717) is 12.2 Å². The van der Waals surface area contributed by atoms with E-state index in [1.165, 1.54) is 13.2 Å². The lowest BCUT2D eigenvalue weighted by atomic mass is 10.2. The molecule has 0 saturated heterocycles. The van der Waals surface area contributed by atoms with E-state index in [0.717, 1.165) is 5.56 Å². The highest BCUT2D eigenvalue weighted by atomic mass is 32.2. The van der Waals surface area contributed by atoms with Gasteiger partial charge in [-0.2, -0.15) is 0 Å². The van der Waals surface area contributed by atoms with Gasteiger partial charge in [-0.25, -0.2) is 13.1 Å². The second kappa shape index (κ2) is 4.71. The smallest absolute Gasteiger partial charge is 0.244 e. The molecule has 0 aromatic heterocycles. The molecule has 0 fully saturated rings. The molecule has 0 bridgehead atoms. The first-order chi connectivity index (χ1) is 7.42. The number of rotatable bonds is 4. The molecule has 1 aromatic carbocycles. The summed E-state index contributed by atoms with van der Waals surface area (Å²) in [6.07, 6.45) is 0. The molecule has 0 unspecified atom stereocenters. The molecular weight excluding hydrogens is 228 g/mol. The van der Waals surface area contributed by atoms with Crippen LogP contribution in [-0.2, 0) is 10.0 Å². The molecule has 0 aliphatic carbocycles. The molecule has 0 aliphatic rings. The number of aryl methyl sites for hydroxylation is 1. The minimum absolute atomic E-state index is 0.0781. The van der Waals surface area contributed by atoms with E-state index in [1.807, 2.05) is 0 Å². The Labute approximate surface area is 95.7 Å². The van der Waals surface area contributed by atoms with Gasteiger partial charge in [-0.05, 0) is 24.6 Å². The summed E-state index contributed by atoms with van der Waals surface area (Å²) in [6.45, 7) is 3.81. The Hall–Kier alpha value is -1.27. The molecule has 0 aliphatic heterocycles. The van der Waals surface area contributed by atoms with E-state index in [-0.39, 0.29) is 10.6 Å². The summed E-state index contributed by atoms with van der Waals surface area (Å²) >= 11 is 0. The fourth-order valence-corrected chi connectivity index (χ4v) is 2.77. The van der Waals surface area contributed by atoms with Crippen molar-refractivity contribution in [3.63, 3.8) is 0 Å². The molecule has 90 valence electrons. The van der Waals surface area contributed by atoms with E-state index in [4.69, 9.17) is 10.5 Å². The van der Waals surface area contributed by atoms with Gasteiger partial charge >= 0.3 is 0 Å². The number of nitrogens with two attached hydrogens (primary N) is 1. The number of methoxy groups -OCH3 is 1. The fourth-order valence-electron chi connectivity index (χ4n) is 1.45. The first-order valence-electron chi connectivity index (χ1n) is 4.86. The Bertz CT molecular complexity index is 483. The van der Waals surface area contributed by atoms with Crippen molar-refractivity contribution in [3.05, 3.63) is 17.7 Å². The zero-order valence-electron chi connectivity index (χ0n) is 9.57. The number of benzene rings is 1. The number of hydrogen-bond acceptors (Lipinski definition) is 4. The first-order valence-corrected chi connectivity index (χ1v) is 6.34. The number of nitrogen functional groups attached to an aromatic ring is 1. The maximum Gasteiger partial charge on any atom is 0.244 e. The lowest BCUT2D eigenvalue weighted by molar-refractivity contribution is 0.404.